The summed E-state index contributed by atoms with van der Waals surface area (Å²) in [5.74, 6) is 0. The van der Waals surface area contributed by atoms with Crippen molar-refractivity contribution in [3.8, 4) is 0 Å². The van der Waals surface area contributed by atoms with Crippen LogP contribution in [0.3, 0.4) is 0 Å². The monoisotopic (exact) mass is 252 g/mol. The van der Waals surface area contributed by atoms with Crippen LogP contribution >= 0.6 is 0 Å². The Balaban J connectivity index is 1.44. The number of epoxide rings is 1. The third-order valence-electron chi connectivity index (χ3n) is 3.13. The zero-order valence-corrected chi connectivity index (χ0v) is 10.6. The summed E-state index contributed by atoms with van der Waals surface area (Å²) in [6.07, 6.45) is 4.08. The van der Waals surface area contributed by atoms with Crippen LogP contribution in [0, 0.1) is 0 Å². The Bertz CT molecular complexity index is 534. The van der Waals surface area contributed by atoms with E-state index in [1.165, 1.54) is 5.56 Å². The van der Waals surface area contributed by atoms with Gasteiger partial charge in [0, 0.05) is 0 Å². The average Bonchev–Trinajstić information content (AvgIpc) is 3.25. The number of rotatable bonds is 5. The van der Waals surface area contributed by atoms with Crippen molar-refractivity contribution in [1.29, 1.82) is 0 Å². The van der Waals surface area contributed by atoms with Crippen LogP contribution in [0.1, 0.15) is 17.2 Å². The van der Waals surface area contributed by atoms with Gasteiger partial charge in [-0.2, -0.15) is 0 Å². The molecule has 96 valence electrons. The molecule has 0 aliphatic carbocycles. The second-order valence-electron chi connectivity index (χ2n) is 4.55. The van der Waals surface area contributed by atoms with Crippen molar-refractivity contribution < 1.29 is 9.47 Å². The zero-order valence-electron chi connectivity index (χ0n) is 10.6. The van der Waals surface area contributed by atoms with Gasteiger partial charge in [-0.1, -0.05) is 60.7 Å². The largest absolute Gasteiger partial charge is 0.498 e. The molecule has 1 aliphatic heterocycles. The molecule has 2 heteroatoms. The number of benzene rings is 2. The lowest BCUT2D eigenvalue weighted by Gasteiger charge is -1.97. The highest BCUT2D eigenvalue weighted by molar-refractivity contribution is 5.47. The number of ether oxygens (including phenoxy) is 2. The molecule has 2 aromatic carbocycles. The molecule has 3 rings (SSSR count). The minimum absolute atomic E-state index is 0.183. The van der Waals surface area contributed by atoms with Crippen LogP contribution in [-0.2, 0) is 9.47 Å². The van der Waals surface area contributed by atoms with Crippen molar-refractivity contribution in [3.05, 3.63) is 78.1 Å². The summed E-state index contributed by atoms with van der Waals surface area (Å²) < 4.78 is 11.1. The standard InChI is InChI=1S/C17H16O2/c1-3-7-14(8-4-1)11-12-18-13-16-17(19-16)15-9-5-2-6-10-15/h1-12,16-17H,13H2/b12-11+/t16-,17-/m0/s1. The van der Waals surface area contributed by atoms with Gasteiger partial charge in [0.1, 0.15) is 18.8 Å². The fraction of sp³-hybridized carbons (Fsp3) is 0.176. The molecule has 2 atom stereocenters. The van der Waals surface area contributed by atoms with Crippen LogP contribution in [-0.4, -0.2) is 12.7 Å². The van der Waals surface area contributed by atoms with Gasteiger partial charge >= 0.3 is 0 Å². The predicted molar refractivity (Wildman–Crippen MR) is 75.5 cm³/mol. The maximum absolute atomic E-state index is 5.60. The minimum Gasteiger partial charge on any atom is -0.498 e. The van der Waals surface area contributed by atoms with E-state index >= 15 is 0 Å². The van der Waals surface area contributed by atoms with Crippen LogP contribution < -0.4 is 0 Å². The molecular formula is C17H16O2. The molecule has 0 radical (unpaired) electrons. The molecule has 1 heterocycles. The van der Waals surface area contributed by atoms with Gasteiger partial charge < -0.3 is 9.47 Å². The molecule has 2 aromatic rings. The lowest BCUT2D eigenvalue weighted by molar-refractivity contribution is 0.213. The SMILES string of the molecule is C(=C\c1ccccc1)/OC[C@@H]1O[C@H]1c1ccccc1. The van der Waals surface area contributed by atoms with Gasteiger partial charge in [-0.15, -0.1) is 0 Å². The van der Waals surface area contributed by atoms with E-state index in [0.717, 1.165) is 5.56 Å². The predicted octanol–water partition coefficient (Wildman–Crippen LogP) is 3.81. The highest BCUT2D eigenvalue weighted by Crippen LogP contribution is 2.38. The molecule has 0 N–H and O–H groups in total. The van der Waals surface area contributed by atoms with Crippen LogP contribution in [0.4, 0.5) is 0 Å². The van der Waals surface area contributed by atoms with Crippen molar-refractivity contribution in [2.24, 2.45) is 0 Å². The summed E-state index contributed by atoms with van der Waals surface area (Å²) >= 11 is 0. The third kappa shape index (κ3) is 3.24. The zero-order chi connectivity index (χ0) is 12.9. The molecule has 0 aromatic heterocycles. The van der Waals surface area contributed by atoms with Crippen molar-refractivity contribution in [1.82, 2.24) is 0 Å². The van der Waals surface area contributed by atoms with E-state index in [1.54, 1.807) is 6.26 Å². The molecule has 1 saturated heterocycles. The summed E-state index contributed by atoms with van der Waals surface area (Å²) in [4.78, 5) is 0. The lowest BCUT2D eigenvalue weighted by atomic mass is 10.1. The van der Waals surface area contributed by atoms with E-state index in [-0.39, 0.29) is 12.2 Å². The Morgan fingerprint density at radius 3 is 2.37 bits per heavy atom. The first-order valence-corrected chi connectivity index (χ1v) is 6.47. The quantitative estimate of drug-likeness (QED) is 0.596. The lowest BCUT2D eigenvalue weighted by Crippen LogP contribution is -1.98. The fourth-order valence-corrected chi connectivity index (χ4v) is 2.05. The van der Waals surface area contributed by atoms with Gasteiger partial charge in [-0.05, 0) is 17.2 Å². The first-order valence-electron chi connectivity index (χ1n) is 6.47. The van der Waals surface area contributed by atoms with Gasteiger partial charge in [-0.25, -0.2) is 0 Å². The molecule has 0 spiro atoms. The van der Waals surface area contributed by atoms with E-state index in [4.69, 9.17) is 9.47 Å². The second kappa shape index (κ2) is 5.72. The van der Waals surface area contributed by atoms with Gasteiger partial charge in [0.15, 0.2) is 0 Å². The maximum atomic E-state index is 5.60. The topological polar surface area (TPSA) is 21.8 Å². The average molecular weight is 252 g/mol. The molecule has 2 nitrogen and oxygen atoms in total. The Kier molecular flexibility index (Phi) is 3.61. The van der Waals surface area contributed by atoms with Gasteiger partial charge in [0.05, 0.1) is 6.26 Å². The highest BCUT2D eigenvalue weighted by atomic mass is 16.6. The Hall–Kier alpha value is -2.06. The molecule has 0 unspecified atom stereocenters. The smallest absolute Gasteiger partial charge is 0.123 e. The molecule has 0 bridgehead atoms. The molecule has 1 fully saturated rings. The highest BCUT2D eigenvalue weighted by Gasteiger charge is 2.40. The summed E-state index contributed by atoms with van der Waals surface area (Å²) in [5, 5.41) is 0. The van der Waals surface area contributed by atoms with Crippen molar-refractivity contribution in [2.75, 3.05) is 6.61 Å². The molecule has 19 heavy (non-hydrogen) atoms. The van der Waals surface area contributed by atoms with Crippen LogP contribution in [0.25, 0.3) is 6.08 Å². The maximum Gasteiger partial charge on any atom is 0.123 e. The first kappa shape index (κ1) is 12.0. The summed E-state index contributed by atoms with van der Waals surface area (Å²) in [6.45, 7) is 0.600. The number of hydrogen-bond acceptors (Lipinski definition) is 2. The third-order valence-corrected chi connectivity index (χ3v) is 3.13. The van der Waals surface area contributed by atoms with E-state index in [2.05, 4.69) is 12.1 Å². The van der Waals surface area contributed by atoms with Crippen molar-refractivity contribution in [3.63, 3.8) is 0 Å². The van der Waals surface area contributed by atoms with E-state index < -0.39 is 0 Å². The summed E-state index contributed by atoms with van der Waals surface area (Å²) in [7, 11) is 0. The molecule has 0 amide bonds. The van der Waals surface area contributed by atoms with Crippen molar-refractivity contribution in [2.45, 2.75) is 12.2 Å². The minimum atomic E-state index is 0.183. The van der Waals surface area contributed by atoms with E-state index in [0.29, 0.717) is 6.61 Å². The van der Waals surface area contributed by atoms with Gasteiger partial charge in [0.25, 0.3) is 0 Å². The summed E-state index contributed by atoms with van der Waals surface area (Å²) in [6, 6.07) is 20.4. The Morgan fingerprint density at radius 2 is 1.63 bits per heavy atom. The molecular weight excluding hydrogens is 236 g/mol. The van der Waals surface area contributed by atoms with Crippen LogP contribution in [0.2, 0.25) is 0 Å². The van der Waals surface area contributed by atoms with Gasteiger partial charge in [-0.3, -0.25) is 0 Å². The van der Waals surface area contributed by atoms with Crippen LogP contribution in [0.15, 0.2) is 66.9 Å². The molecule has 0 saturated carbocycles. The summed E-state index contributed by atoms with van der Waals surface area (Å²) in [5.41, 5.74) is 2.36. The van der Waals surface area contributed by atoms with E-state index in [9.17, 15) is 0 Å². The Labute approximate surface area is 113 Å². The first-order chi connectivity index (χ1) is 9.43. The number of hydrogen-bond donors (Lipinski definition) is 0. The van der Waals surface area contributed by atoms with Gasteiger partial charge in [0.2, 0.25) is 0 Å². The Morgan fingerprint density at radius 1 is 0.947 bits per heavy atom. The van der Waals surface area contributed by atoms with Crippen molar-refractivity contribution >= 4 is 6.08 Å². The molecule has 1 aliphatic rings. The van der Waals surface area contributed by atoms with Crippen LogP contribution in [0.5, 0.6) is 0 Å². The fourth-order valence-electron chi connectivity index (χ4n) is 2.05. The second-order valence-corrected chi connectivity index (χ2v) is 4.55. The van der Waals surface area contributed by atoms with E-state index in [1.807, 2.05) is 54.6 Å². The normalized spacial score (nSPS) is 21.5.